The van der Waals surface area contributed by atoms with Crippen molar-refractivity contribution in [3.8, 4) is 5.75 Å². The molecule has 0 spiro atoms. The van der Waals surface area contributed by atoms with E-state index in [1.54, 1.807) is 24.3 Å². The lowest BCUT2D eigenvalue weighted by Gasteiger charge is -2.15. The summed E-state index contributed by atoms with van der Waals surface area (Å²) in [5.74, 6) is 0.429. The van der Waals surface area contributed by atoms with Crippen LogP contribution in [0, 0.1) is 6.92 Å². The van der Waals surface area contributed by atoms with E-state index in [4.69, 9.17) is 10.5 Å². The van der Waals surface area contributed by atoms with Crippen LogP contribution in [0.4, 0.5) is 5.69 Å². The molecule has 1 atom stereocenters. The van der Waals surface area contributed by atoms with Gasteiger partial charge in [0.1, 0.15) is 5.75 Å². The standard InChI is InChI=1S/C17H20N2O2/c1-12-6-8-14(9-7-12)13(2)19-17(20)11-21-16-5-3-4-15(18)10-16/h3-10,13H,11,18H2,1-2H3,(H,19,20). The second kappa shape index (κ2) is 6.79. The number of benzene rings is 2. The largest absolute Gasteiger partial charge is 0.484 e. The number of carbonyl (C=O) groups is 1. The van der Waals surface area contributed by atoms with Crippen molar-refractivity contribution in [1.82, 2.24) is 5.32 Å². The smallest absolute Gasteiger partial charge is 0.258 e. The molecule has 1 unspecified atom stereocenters. The number of anilines is 1. The van der Waals surface area contributed by atoms with Gasteiger partial charge < -0.3 is 15.8 Å². The van der Waals surface area contributed by atoms with E-state index in [1.807, 2.05) is 38.1 Å². The third-order valence-corrected chi connectivity index (χ3v) is 3.18. The molecule has 2 aromatic carbocycles. The molecule has 3 N–H and O–H groups in total. The number of ether oxygens (including phenoxy) is 1. The van der Waals surface area contributed by atoms with Crippen LogP contribution >= 0.6 is 0 Å². The summed E-state index contributed by atoms with van der Waals surface area (Å²) in [4.78, 5) is 11.9. The summed E-state index contributed by atoms with van der Waals surface area (Å²) < 4.78 is 5.41. The van der Waals surface area contributed by atoms with Crippen molar-refractivity contribution in [3.63, 3.8) is 0 Å². The van der Waals surface area contributed by atoms with Gasteiger partial charge in [0.2, 0.25) is 0 Å². The van der Waals surface area contributed by atoms with Crippen LogP contribution in [0.5, 0.6) is 5.75 Å². The Morgan fingerprint density at radius 2 is 1.95 bits per heavy atom. The molecule has 0 aliphatic rings. The number of hydrogen-bond donors (Lipinski definition) is 2. The maximum atomic E-state index is 11.9. The van der Waals surface area contributed by atoms with Gasteiger partial charge in [-0.3, -0.25) is 4.79 Å². The van der Waals surface area contributed by atoms with Crippen molar-refractivity contribution in [2.45, 2.75) is 19.9 Å². The Morgan fingerprint density at radius 1 is 1.24 bits per heavy atom. The molecule has 110 valence electrons. The summed E-state index contributed by atoms with van der Waals surface area (Å²) in [6.45, 7) is 3.95. The first kappa shape index (κ1) is 14.9. The van der Waals surface area contributed by atoms with Crippen LogP contribution < -0.4 is 15.8 Å². The van der Waals surface area contributed by atoms with Gasteiger partial charge in [0.05, 0.1) is 6.04 Å². The average molecular weight is 284 g/mol. The first-order chi connectivity index (χ1) is 10.0. The van der Waals surface area contributed by atoms with Crippen LogP contribution in [0.25, 0.3) is 0 Å². The lowest BCUT2D eigenvalue weighted by Crippen LogP contribution is -2.31. The maximum Gasteiger partial charge on any atom is 0.258 e. The number of aryl methyl sites for hydroxylation is 1. The molecule has 0 aliphatic heterocycles. The fraction of sp³-hybridized carbons (Fsp3) is 0.235. The van der Waals surface area contributed by atoms with Crippen LogP contribution in [0.15, 0.2) is 48.5 Å². The minimum absolute atomic E-state index is 0.0281. The summed E-state index contributed by atoms with van der Waals surface area (Å²) in [6.07, 6.45) is 0. The second-order valence-electron chi connectivity index (χ2n) is 5.06. The van der Waals surface area contributed by atoms with Gasteiger partial charge in [-0.05, 0) is 31.5 Å². The lowest BCUT2D eigenvalue weighted by molar-refractivity contribution is -0.123. The van der Waals surface area contributed by atoms with Crippen LogP contribution in [-0.2, 0) is 4.79 Å². The Kier molecular flexibility index (Phi) is 4.82. The summed E-state index contributed by atoms with van der Waals surface area (Å²) >= 11 is 0. The Bertz CT molecular complexity index is 608. The molecule has 4 nitrogen and oxygen atoms in total. The van der Waals surface area contributed by atoms with Gasteiger partial charge in [-0.25, -0.2) is 0 Å². The zero-order chi connectivity index (χ0) is 15.2. The van der Waals surface area contributed by atoms with Crippen LogP contribution in [0.3, 0.4) is 0 Å². The molecule has 0 fully saturated rings. The van der Waals surface area contributed by atoms with Crippen LogP contribution in [0.2, 0.25) is 0 Å². The molecular weight excluding hydrogens is 264 g/mol. The third-order valence-electron chi connectivity index (χ3n) is 3.18. The molecule has 0 saturated carbocycles. The molecule has 0 radical (unpaired) electrons. The molecule has 0 aromatic heterocycles. The van der Waals surface area contributed by atoms with Crippen LogP contribution in [0.1, 0.15) is 24.1 Å². The number of rotatable bonds is 5. The summed E-state index contributed by atoms with van der Waals surface area (Å²) in [7, 11) is 0. The van der Waals surface area contributed by atoms with E-state index in [2.05, 4.69) is 5.32 Å². The Hall–Kier alpha value is -2.49. The van der Waals surface area contributed by atoms with Gasteiger partial charge in [0.25, 0.3) is 5.91 Å². The summed E-state index contributed by atoms with van der Waals surface area (Å²) in [6, 6.07) is 15.1. The van der Waals surface area contributed by atoms with E-state index in [1.165, 1.54) is 5.56 Å². The van der Waals surface area contributed by atoms with Gasteiger partial charge in [0, 0.05) is 11.8 Å². The van der Waals surface area contributed by atoms with Crippen molar-refractivity contribution in [3.05, 3.63) is 59.7 Å². The molecule has 1 amide bonds. The van der Waals surface area contributed by atoms with Gasteiger partial charge in [-0.1, -0.05) is 35.9 Å². The Morgan fingerprint density at radius 3 is 2.62 bits per heavy atom. The van der Waals surface area contributed by atoms with Crippen molar-refractivity contribution >= 4 is 11.6 Å². The monoisotopic (exact) mass is 284 g/mol. The van der Waals surface area contributed by atoms with E-state index >= 15 is 0 Å². The summed E-state index contributed by atoms with van der Waals surface area (Å²) in [5.41, 5.74) is 8.53. The minimum Gasteiger partial charge on any atom is -0.484 e. The highest BCUT2D eigenvalue weighted by atomic mass is 16.5. The van der Waals surface area contributed by atoms with Crippen molar-refractivity contribution in [2.24, 2.45) is 0 Å². The molecule has 2 rings (SSSR count). The average Bonchev–Trinajstić information content (AvgIpc) is 2.46. The number of hydrogen-bond acceptors (Lipinski definition) is 3. The topological polar surface area (TPSA) is 64.3 Å². The van der Waals surface area contributed by atoms with Gasteiger partial charge in [-0.2, -0.15) is 0 Å². The molecular formula is C17H20N2O2. The van der Waals surface area contributed by atoms with Gasteiger partial charge >= 0.3 is 0 Å². The zero-order valence-electron chi connectivity index (χ0n) is 12.3. The quantitative estimate of drug-likeness (QED) is 0.830. The normalized spacial score (nSPS) is 11.7. The van der Waals surface area contributed by atoms with Gasteiger partial charge in [-0.15, -0.1) is 0 Å². The van der Waals surface area contributed by atoms with Crippen LogP contribution in [-0.4, -0.2) is 12.5 Å². The Labute approximate surface area is 124 Å². The molecule has 0 bridgehead atoms. The minimum atomic E-state index is -0.162. The lowest BCUT2D eigenvalue weighted by atomic mass is 10.1. The number of nitrogens with one attached hydrogen (secondary N) is 1. The Balaban J connectivity index is 1.85. The fourth-order valence-electron chi connectivity index (χ4n) is 1.97. The molecule has 0 saturated heterocycles. The molecule has 0 aliphatic carbocycles. The molecule has 2 aromatic rings. The third kappa shape index (κ3) is 4.53. The highest BCUT2D eigenvalue weighted by molar-refractivity contribution is 5.78. The highest BCUT2D eigenvalue weighted by Crippen LogP contribution is 2.15. The maximum absolute atomic E-state index is 11.9. The first-order valence-electron chi connectivity index (χ1n) is 6.89. The highest BCUT2D eigenvalue weighted by Gasteiger charge is 2.10. The van der Waals surface area contributed by atoms with Gasteiger partial charge in [0.15, 0.2) is 6.61 Å². The number of nitrogens with two attached hydrogens (primary N) is 1. The first-order valence-corrected chi connectivity index (χ1v) is 6.89. The van der Waals surface area contributed by atoms with E-state index in [0.29, 0.717) is 11.4 Å². The van der Waals surface area contributed by atoms with E-state index in [9.17, 15) is 4.79 Å². The SMILES string of the molecule is Cc1ccc(C(C)NC(=O)COc2cccc(N)c2)cc1. The van der Waals surface area contributed by atoms with Crippen molar-refractivity contribution < 1.29 is 9.53 Å². The number of amides is 1. The fourth-order valence-corrected chi connectivity index (χ4v) is 1.97. The second-order valence-corrected chi connectivity index (χ2v) is 5.06. The predicted octanol–water partition coefficient (Wildman–Crippen LogP) is 2.83. The van der Waals surface area contributed by atoms with Crippen molar-refractivity contribution in [1.29, 1.82) is 0 Å². The van der Waals surface area contributed by atoms with E-state index in [0.717, 1.165) is 5.56 Å². The van der Waals surface area contributed by atoms with Crippen molar-refractivity contribution in [2.75, 3.05) is 12.3 Å². The number of nitrogen functional groups attached to an aromatic ring is 1. The number of carbonyl (C=O) groups excluding carboxylic acids is 1. The molecule has 0 heterocycles. The molecule has 4 heteroatoms. The zero-order valence-corrected chi connectivity index (χ0v) is 12.3. The van der Waals surface area contributed by atoms with E-state index < -0.39 is 0 Å². The predicted molar refractivity (Wildman–Crippen MR) is 84.1 cm³/mol. The molecule has 21 heavy (non-hydrogen) atoms. The van der Waals surface area contributed by atoms with E-state index in [-0.39, 0.29) is 18.6 Å². The summed E-state index contributed by atoms with van der Waals surface area (Å²) in [5, 5.41) is 2.91.